The maximum absolute atomic E-state index is 12.6. The number of carbonyl (C=O) groups excluding carboxylic acids is 3. The predicted octanol–water partition coefficient (Wildman–Crippen LogP) is 9.40. The molecule has 0 aliphatic heterocycles. The number of carboxylic acids is 1. The molecule has 4 N–H and O–H groups in total. The Bertz CT molecular complexity index is 1170. The van der Waals surface area contributed by atoms with Crippen LogP contribution in [0.5, 0.6) is 0 Å². The number of ketones is 1. The van der Waals surface area contributed by atoms with Crippen LogP contribution in [-0.2, 0) is 42.3 Å². The first-order chi connectivity index (χ1) is 26.0. The van der Waals surface area contributed by atoms with Gasteiger partial charge in [-0.2, -0.15) is 0 Å². The normalized spacial score (nSPS) is 14.2. The first kappa shape index (κ1) is 51.1. The number of esters is 2. The lowest BCUT2D eigenvalue weighted by atomic mass is 10.0. The molecule has 310 valence electrons. The van der Waals surface area contributed by atoms with Crippen molar-refractivity contribution in [3.63, 3.8) is 0 Å². The molecule has 54 heavy (non-hydrogen) atoms. The molecule has 0 amide bonds. The van der Waals surface area contributed by atoms with Gasteiger partial charge < -0.3 is 25.2 Å². The van der Waals surface area contributed by atoms with Crippen molar-refractivity contribution in [1.29, 1.82) is 0 Å². The number of hydrogen-bond acceptors (Lipinski definition) is 10. The maximum atomic E-state index is 12.6. The zero-order chi connectivity index (χ0) is 40.1. The van der Waals surface area contributed by atoms with Gasteiger partial charge in [-0.05, 0) is 44.6 Å². The van der Waals surface area contributed by atoms with Gasteiger partial charge in [0.15, 0.2) is 11.9 Å². The summed E-state index contributed by atoms with van der Waals surface area (Å²) in [6.07, 6.45) is 34.6. The highest BCUT2D eigenvalue weighted by atomic mass is 31.2. The molecule has 0 heterocycles. The third kappa shape index (κ3) is 34.9. The van der Waals surface area contributed by atoms with E-state index in [0.29, 0.717) is 25.7 Å². The third-order valence-electron chi connectivity index (χ3n) is 8.31. The Morgan fingerprint density at radius 2 is 1.15 bits per heavy atom. The van der Waals surface area contributed by atoms with Gasteiger partial charge in [-0.15, -0.1) is 0 Å². The Morgan fingerprint density at radius 3 is 1.78 bits per heavy atom. The van der Waals surface area contributed by atoms with Crippen LogP contribution < -0.4 is 5.73 Å². The molecule has 0 saturated heterocycles. The summed E-state index contributed by atoms with van der Waals surface area (Å²) >= 11 is 0. The van der Waals surface area contributed by atoms with Crippen molar-refractivity contribution < 1.29 is 52.3 Å². The van der Waals surface area contributed by atoms with E-state index in [2.05, 4.69) is 18.4 Å². The highest BCUT2D eigenvalue weighted by Gasteiger charge is 2.28. The van der Waals surface area contributed by atoms with Crippen LogP contribution in [0.15, 0.2) is 48.6 Å². The minimum atomic E-state index is -4.74. The number of phosphoric acid groups is 1. The van der Waals surface area contributed by atoms with Gasteiger partial charge in [-0.25, -0.2) is 4.57 Å². The molecule has 0 aromatic heterocycles. The summed E-state index contributed by atoms with van der Waals surface area (Å²) in [6, 6.07) is -1.54. The largest absolute Gasteiger partial charge is 0.480 e. The van der Waals surface area contributed by atoms with Crippen LogP contribution in [0.2, 0.25) is 0 Å². The first-order valence-electron chi connectivity index (χ1n) is 20.1. The lowest BCUT2D eigenvalue weighted by Crippen LogP contribution is -2.34. The van der Waals surface area contributed by atoms with Gasteiger partial charge in [-0.3, -0.25) is 28.2 Å². The van der Waals surface area contributed by atoms with Crippen LogP contribution in [-0.4, -0.2) is 65.7 Å². The second-order valence-electron chi connectivity index (χ2n) is 13.5. The molecule has 0 aliphatic rings. The van der Waals surface area contributed by atoms with E-state index in [1.807, 2.05) is 36.5 Å². The van der Waals surface area contributed by atoms with Crippen LogP contribution in [0.1, 0.15) is 155 Å². The van der Waals surface area contributed by atoms with E-state index in [9.17, 15) is 28.6 Å². The summed E-state index contributed by atoms with van der Waals surface area (Å²) < 4.78 is 32.5. The molecule has 0 aromatic carbocycles. The van der Waals surface area contributed by atoms with Crippen LogP contribution in [0.25, 0.3) is 0 Å². The molecule has 0 aromatic rings. The zero-order valence-electron chi connectivity index (χ0n) is 33.0. The fourth-order valence-corrected chi connectivity index (χ4v) is 5.85. The number of ether oxygens (including phenoxy) is 2. The van der Waals surface area contributed by atoms with Gasteiger partial charge in [0.2, 0.25) is 0 Å². The van der Waals surface area contributed by atoms with E-state index in [0.717, 1.165) is 51.4 Å². The summed E-state index contributed by atoms with van der Waals surface area (Å²) in [5.41, 5.74) is 5.31. The van der Waals surface area contributed by atoms with Crippen molar-refractivity contribution >= 4 is 31.5 Å². The Kier molecular flexibility index (Phi) is 33.9. The molecular formula is C41H70NO11P. The van der Waals surface area contributed by atoms with Crippen molar-refractivity contribution in [2.45, 2.75) is 167 Å². The van der Waals surface area contributed by atoms with Crippen molar-refractivity contribution in [1.82, 2.24) is 0 Å². The molecule has 0 fully saturated rings. The molecule has 13 heteroatoms. The molecule has 0 aliphatic carbocycles. The Balaban J connectivity index is 4.54. The van der Waals surface area contributed by atoms with Gasteiger partial charge in [0.1, 0.15) is 12.6 Å². The topological polar surface area (TPSA) is 189 Å². The number of unbranched alkanes of at least 4 members (excludes halogenated alkanes) is 14. The van der Waals surface area contributed by atoms with Crippen LogP contribution >= 0.6 is 7.82 Å². The number of hydrogen-bond donors (Lipinski definition) is 3. The van der Waals surface area contributed by atoms with Gasteiger partial charge in [0.25, 0.3) is 0 Å². The summed E-state index contributed by atoms with van der Waals surface area (Å²) in [7, 11) is -4.74. The number of nitrogens with two attached hydrogens (primary N) is 1. The number of carboxylic acid groups (broad SMARTS) is 1. The molecule has 3 atom stereocenters. The molecular weight excluding hydrogens is 713 g/mol. The average Bonchev–Trinajstić information content (AvgIpc) is 3.14. The maximum Gasteiger partial charge on any atom is 0.472 e. The number of aliphatic carboxylic acids is 1. The fourth-order valence-electron chi connectivity index (χ4n) is 5.07. The van der Waals surface area contributed by atoms with Crippen molar-refractivity contribution in [3.8, 4) is 0 Å². The quantitative estimate of drug-likeness (QED) is 0.0135. The van der Waals surface area contributed by atoms with Crippen LogP contribution in [0, 0.1) is 0 Å². The summed E-state index contributed by atoms with van der Waals surface area (Å²) in [5.74, 6) is -2.34. The molecule has 0 spiro atoms. The van der Waals surface area contributed by atoms with Gasteiger partial charge in [0.05, 0.1) is 13.2 Å². The monoisotopic (exact) mass is 783 g/mol. The highest BCUT2D eigenvalue weighted by Crippen LogP contribution is 2.43. The van der Waals surface area contributed by atoms with Crippen LogP contribution in [0.4, 0.5) is 0 Å². The zero-order valence-corrected chi connectivity index (χ0v) is 33.9. The highest BCUT2D eigenvalue weighted by molar-refractivity contribution is 7.47. The van der Waals surface area contributed by atoms with E-state index in [1.165, 1.54) is 51.4 Å². The van der Waals surface area contributed by atoms with Crippen LogP contribution in [0.3, 0.4) is 0 Å². The number of allylic oxidation sites excluding steroid dienone is 8. The molecule has 0 rings (SSSR count). The minimum Gasteiger partial charge on any atom is -0.480 e. The van der Waals surface area contributed by atoms with Gasteiger partial charge >= 0.3 is 25.7 Å². The second kappa shape index (κ2) is 35.8. The number of phosphoric ester groups is 1. The summed E-state index contributed by atoms with van der Waals surface area (Å²) in [6.45, 7) is 2.55. The second-order valence-corrected chi connectivity index (χ2v) is 14.9. The fraction of sp³-hybridized carbons (Fsp3) is 0.707. The summed E-state index contributed by atoms with van der Waals surface area (Å²) in [4.78, 5) is 57.5. The molecule has 0 bridgehead atoms. The number of rotatable bonds is 37. The van der Waals surface area contributed by atoms with Gasteiger partial charge in [-0.1, -0.05) is 140 Å². The Morgan fingerprint density at radius 1 is 0.630 bits per heavy atom. The van der Waals surface area contributed by atoms with E-state index in [1.54, 1.807) is 12.2 Å². The Labute approximate surface area is 324 Å². The lowest BCUT2D eigenvalue weighted by Gasteiger charge is -2.20. The van der Waals surface area contributed by atoms with E-state index in [4.69, 9.17) is 24.8 Å². The summed E-state index contributed by atoms with van der Waals surface area (Å²) in [5, 5.41) is 8.86. The number of carbonyl (C=O) groups is 4. The van der Waals surface area contributed by atoms with Crippen molar-refractivity contribution in [3.05, 3.63) is 48.6 Å². The van der Waals surface area contributed by atoms with Gasteiger partial charge in [0, 0.05) is 19.3 Å². The molecule has 1 unspecified atom stereocenters. The lowest BCUT2D eigenvalue weighted by molar-refractivity contribution is -0.161. The smallest absolute Gasteiger partial charge is 0.472 e. The van der Waals surface area contributed by atoms with Crippen molar-refractivity contribution in [2.24, 2.45) is 5.73 Å². The first-order valence-corrected chi connectivity index (χ1v) is 21.6. The molecule has 12 nitrogen and oxygen atoms in total. The average molecular weight is 784 g/mol. The minimum absolute atomic E-state index is 0.120. The SMILES string of the molecule is CCCCCCCCCCCCCCC(=O)O[C@H](COC(=O)CCC/C=C\C/C=C\C/C=C\C=C\C(=O)CCCCC)COP(=O)(O)OC[C@H](N)C(=O)O. The Hall–Kier alpha value is -2.89. The van der Waals surface area contributed by atoms with Crippen molar-refractivity contribution in [2.75, 3.05) is 19.8 Å². The predicted molar refractivity (Wildman–Crippen MR) is 213 cm³/mol. The molecule has 0 saturated carbocycles. The molecule has 0 radical (unpaired) electrons. The van der Waals surface area contributed by atoms with E-state index < -0.39 is 57.7 Å². The third-order valence-corrected chi connectivity index (χ3v) is 9.26. The van der Waals surface area contributed by atoms with E-state index >= 15 is 0 Å². The van der Waals surface area contributed by atoms with E-state index in [-0.39, 0.29) is 18.6 Å². The standard InChI is InChI=1S/C41H70NO11P/c1-3-5-7-8-9-10-11-14-18-21-24-28-32-40(45)53-37(34-51-54(48,49)52-35-38(42)41(46)47)33-50-39(44)31-27-23-20-17-15-12-13-16-19-22-26-30-36(43)29-25-6-4-2/h12-13,17,19-20,22,26,30,37-38H,3-11,14-16,18,21,23-25,27-29,31-35,42H2,1-2H3,(H,46,47)(H,48,49)/b13-12-,20-17-,22-19-,30-26+/t37-,38+/m1/s1.